The number of ether oxygens (including phenoxy) is 1. The molecule has 3 aromatic rings. The van der Waals surface area contributed by atoms with Gasteiger partial charge in [-0.2, -0.15) is 0 Å². The van der Waals surface area contributed by atoms with E-state index in [1.54, 1.807) is 11.8 Å². The normalized spacial score (nSPS) is 11.2. The van der Waals surface area contributed by atoms with Gasteiger partial charge in [-0.05, 0) is 44.0 Å². The zero-order valence-electron chi connectivity index (χ0n) is 15.5. The molecule has 0 aliphatic rings. The molecular formula is C19H25N5O2. The maximum Gasteiger partial charge on any atom is 0.220 e. The van der Waals surface area contributed by atoms with Crippen LogP contribution in [0.3, 0.4) is 0 Å². The predicted molar refractivity (Wildman–Crippen MR) is 100 cm³/mol. The summed E-state index contributed by atoms with van der Waals surface area (Å²) in [6.45, 7) is 4.69. The maximum atomic E-state index is 12.1. The molecule has 0 atom stereocenters. The number of aryl methyl sites for hydroxylation is 1. The monoisotopic (exact) mass is 355 g/mol. The highest BCUT2D eigenvalue weighted by molar-refractivity contribution is 5.84. The van der Waals surface area contributed by atoms with Crippen LogP contribution in [-0.2, 0) is 17.6 Å². The molecule has 3 rings (SSSR count). The third-order valence-electron chi connectivity index (χ3n) is 4.39. The lowest BCUT2D eigenvalue weighted by Crippen LogP contribution is -2.25. The smallest absolute Gasteiger partial charge is 0.220 e. The summed E-state index contributed by atoms with van der Waals surface area (Å²) in [4.78, 5) is 15.3. The number of aromatic nitrogens is 4. The lowest BCUT2D eigenvalue weighted by molar-refractivity contribution is -0.121. The molecule has 0 bridgehead atoms. The van der Waals surface area contributed by atoms with Gasteiger partial charge in [0.25, 0.3) is 0 Å². The Morgan fingerprint density at radius 1 is 1.35 bits per heavy atom. The van der Waals surface area contributed by atoms with Crippen LogP contribution in [0.1, 0.15) is 37.6 Å². The van der Waals surface area contributed by atoms with E-state index in [0.29, 0.717) is 19.4 Å². The third kappa shape index (κ3) is 4.22. The summed E-state index contributed by atoms with van der Waals surface area (Å²) in [6, 6.07) is 6.22. The average molecular weight is 355 g/mol. The van der Waals surface area contributed by atoms with Crippen LogP contribution in [0.25, 0.3) is 10.9 Å². The van der Waals surface area contributed by atoms with Gasteiger partial charge in [-0.25, -0.2) is 4.68 Å². The number of benzene rings is 1. The van der Waals surface area contributed by atoms with Gasteiger partial charge < -0.3 is 15.0 Å². The van der Waals surface area contributed by atoms with Gasteiger partial charge in [0, 0.05) is 48.7 Å². The van der Waals surface area contributed by atoms with E-state index in [4.69, 9.17) is 4.74 Å². The largest absolute Gasteiger partial charge is 0.497 e. The maximum absolute atomic E-state index is 12.1. The van der Waals surface area contributed by atoms with Crippen molar-refractivity contribution in [2.45, 2.75) is 39.2 Å². The van der Waals surface area contributed by atoms with E-state index >= 15 is 0 Å². The van der Waals surface area contributed by atoms with Gasteiger partial charge in [0.1, 0.15) is 5.75 Å². The summed E-state index contributed by atoms with van der Waals surface area (Å²) < 4.78 is 7.09. The predicted octanol–water partition coefficient (Wildman–Crippen LogP) is 2.64. The number of fused-ring (bicyclic) bond motifs is 1. The zero-order chi connectivity index (χ0) is 18.5. The second kappa shape index (κ2) is 8.03. The summed E-state index contributed by atoms with van der Waals surface area (Å²) in [6.07, 6.45) is 5.67. The first-order valence-corrected chi connectivity index (χ1v) is 8.88. The molecule has 1 amide bonds. The van der Waals surface area contributed by atoms with Crippen molar-refractivity contribution in [2.75, 3.05) is 13.7 Å². The van der Waals surface area contributed by atoms with Crippen molar-refractivity contribution < 1.29 is 9.53 Å². The van der Waals surface area contributed by atoms with Crippen molar-refractivity contribution >= 4 is 16.8 Å². The summed E-state index contributed by atoms with van der Waals surface area (Å²) in [5.41, 5.74) is 3.08. The number of H-pyrrole nitrogens is 1. The van der Waals surface area contributed by atoms with E-state index in [0.717, 1.165) is 28.8 Å². The molecule has 2 N–H and O–H groups in total. The Morgan fingerprint density at radius 2 is 2.19 bits per heavy atom. The molecule has 0 radical (unpaired) electrons. The Kier molecular flexibility index (Phi) is 5.55. The Balaban J connectivity index is 1.47. The Hall–Kier alpha value is -2.83. The quantitative estimate of drug-likeness (QED) is 0.650. The lowest BCUT2D eigenvalue weighted by atomic mass is 10.1. The number of aromatic amines is 1. The van der Waals surface area contributed by atoms with E-state index in [2.05, 4.69) is 20.6 Å². The summed E-state index contributed by atoms with van der Waals surface area (Å²) >= 11 is 0. The molecular weight excluding hydrogens is 330 g/mol. The van der Waals surface area contributed by atoms with Crippen LogP contribution in [0.4, 0.5) is 0 Å². The van der Waals surface area contributed by atoms with Crippen LogP contribution in [0, 0.1) is 0 Å². The number of nitrogens with one attached hydrogen (secondary N) is 2. The minimum Gasteiger partial charge on any atom is -0.497 e. The fourth-order valence-electron chi connectivity index (χ4n) is 2.84. The number of amides is 1. The lowest BCUT2D eigenvalue weighted by Gasteiger charge is -2.05. The highest BCUT2D eigenvalue weighted by Gasteiger charge is 2.08. The minimum atomic E-state index is 0.0292. The summed E-state index contributed by atoms with van der Waals surface area (Å²) in [5, 5.41) is 12.3. The molecule has 7 nitrogen and oxygen atoms in total. The van der Waals surface area contributed by atoms with E-state index in [-0.39, 0.29) is 11.9 Å². The van der Waals surface area contributed by atoms with Gasteiger partial charge in [-0.1, -0.05) is 5.21 Å². The van der Waals surface area contributed by atoms with Crippen LogP contribution in [0.5, 0.6) is 5.75 Å². The van der Waals surface area contributed by atoms with Crippen LogP contribution >= 0.6 is 0 Å². The van der Waals surface area contributed by atoms with Crippen LogP contribution in [-0.4, -0.2) is 39.5 Å². The van der Waals surface area contributed by atoms with Crippen molar-refractivity contribution in [2.24, 2.45) is 0 Å². The second-order valence-electron chi connectivity index (χ2n) is 6.61. The van der Waals surface area contributed by atoms with Gasteiger partial charge >= 0.3 is 0 Å². The number of carbonyl (C=O) groups excluding carboxylic acids is 1. The standard InChI is InChI=1S/C19H25N5O2/c1-13(2)24-12-15(22-23-24)4-7-19(25)20-9-8-14-11-21-18-6-5-16(26-3)10-17(14)18/h5-6,10-13,21H,4,7-9H2,1-3H3,(H,20,25). The molecule has 0 spiro atoms. The molecule has 7 heteroatoms. The van der Waals surface area contributed by atoms with Gasteiger partial charge in [0.15, 0.2) is 0 Å². The Morgan fingerprint density at radius 3 is 2.92 bits per heavy atom. The average Bonchev–Trinajstić information content (AvgIpc) is 3.27. The van der Waals surface area contributed by atoms with Crippen LogP contribution < -0.4 is 10.1 Å². The summed E-state index contributed by atoms with van der Waals surface area (Å²) in [7, 11) is 1.66. The van der Waals surface area contributed by atoms with Crippen molar-refractivity contribution in [1.29, 1.82) is 0 Å². The molecule has 26 heavy (non-hydrogen) atoms. The topological polar surface area (TPSA) is 84.8 Å². The van der Waals surface area contributed by atoms with Crippen LogP contribution in [0.2, 0.25) is 0 Å². The number of rotatable bonds is 8. The molecule has 0 aliphatic heterocycles. The second-order valence-corrected chi connectivity index (χ2v) is 6.61. The van der Waals surface area contributed by atoms with E-state index in [9.17, 15) is 4.79 Å². The molecule has 2 aromatic heterocycles. The van der Waals surface area contributed by atoms with Crippen molar-refractivity contribution in [1.82, 2.24) is 25.3 Å². The van der Waals surface area contributed by atoms with E-state index in [1.165, 1.54) is 5.56 Å². The van der Waals surface area contributed by atoms with E-state index in [1.807, 2.05) is 44.4 Å². The third-order valence-corrected chi connectivity index (χ3v) is 4.39. The summed E-state index contributed by atoms with van der Waals surface area (Å²) in [5.74, 6) is 0.860. The molecule has 0 unspecified atom stereocenters. The SMILES string of the molecule is COc1ccc2[nH]cc(CCNC(=O)CCc3cn(C(C)C)nn3)c2c1. The first-order valence-electron chi connectivity index (χ1n) is 8.88. The fraction of sp³-hybridized carbons (Fsp3) is 0.421. The first-order chi connectivity index (χ1) is 12.6. The first kappa shape index (κ1) is 18.0. The molecule has 2 heterocycles. The van der Waals surface area contributed by atoms with E-state index < -0.39 is 0 Å². The fourth-order valence-corrected chi connectivity index (χ4v) is 2.84. The zero-order valence-corrected chi connectivity index (χ0v) is 15.5. The number of hydrogen-bond acceptors (Lipinski definition) is 4. The van der Waals surface area contributed by atoms with Crippen molar-refractivity contribution in [3.63, 3.8) is 0 Å². The van der Waals surface area contributed by atoms with Gasteiger partial charge in [0.05, 0.1) is 12.8 Å². The Bertz CT molecular complexity index is 881. The molecule has 138 valence electrons. The number of carbonyl (C=O) groups is 1. The highest BCUT2D eigenvalue weighted by Crippen LogP contribution is 2.23. The van der Waals surface area contributed by atoms with Crippen molar-refractivity contribution in [3.8, 4) is 5.75 Å². The minimum absolute atomic E-state index is 0.0292. The van der Waals surface area contributed by atoms with Crippen LogP contribution in [0.15, 0.2) is 30.6 Å². The Labute approximate surface area is 152 Å². The van der Waals surface area contributed by atoms with Gasteiger partial charge in [0.2, 0.25) is 5.91 Å². The highest BCUT2D eigenvalue weighted by atomic mass is 16.5. The van der Waals surface area contributed by atoms with Gasteiger partial charge in [-0.15, -0.1) is 5.10 Å². The van der Waals surface area contributed by atoms with Crippen molar-refractivity contribution in [3.05, 3.63) is 41.9 Å². The molecule has 0 aliphatic carbocycles. The number of hydrogen-bond donors (Lipinski definition) is 2. The molecule has 0 fully saturated rings. The number of methoxy groups -OCH3 is 1. The number of nitrogens with zero attached hydrogens (tertiary/aromatic N) is 3. The molecule has 0 saturated heterocycles. The molecule has 1 aromatic carbocycles. The molecule has 0 saturated carbocycles. The van der Waals surface area contributed by atoms with Gasteiger partial charge in [-0.3, -0.25) is 4.79 Å².